The van der Waals surface area contributed by atoms with Gasteiger partial charge in [0.2, 0.25) is 0 Å². The molecule has 1 unspecified atom stereocenters. The second kappa shape index (κ2) is 9.01. The van der Waals surface area contributed by atoms with Gasteiger partial charge in [-0.3, -0.25) is 9.79 Å². The molecule has 0 spiro atoms. The molecule has 1 saturated carbocycles. The molecule has 1 aliphatic carbocycles. The van der Waals surface area contributed by atoms with E-state index in [4.69, 9.17) is 9.73 Å². The molecule has 0 aromatic rings. The summed E-state index contributed by atoms with van der Waals surface area (Å²) in [6.07, 6.45) is 7.27. The first-order valence-corrected chi connectivity index (χ1v) is 8.94. The molecular weight excluding hydrogens is 278 g/mol. The maximum absolute atomic E-state index is 12.0. The zero-order valence-corrected chi connectivity index (χ0v) is 14.1. The van der Waals surface area contributed by atoms with Crippen molar-refractivity contribution in [2.24, 2.45) is 16.8 Å². The van der Waals surface area contributed by atoms with Crippen LogP contribution in [0.4, 0.5) is 0 Å². The predicted octanol–water partition coefficient (Wildman–Crippen LogP) is 2.42. The molecule has 1 heterocycles. The van der Waals surface area contributed by atoms with Gasteiger partial charge in [-0.05, 0) is 45.4 Å². The Balaban J connectivity index is 1.85. The summed E-state index contributed by atoms with van der Waals surface area (Å²) in [5.41, 5.74) is 0. The average molecular weight is 309 g/mol. The van der Waals surface area contributed by atoms with Crippen molar-refractivity contribution >= 4 is 11.9 Å². The molecule has 0 amide bonds. The largest absolute Gasteiger partial charge is 0.466 e. The molecule has 1 atom stereocenters. The van der Waals surface area contributed by atoms with E-state index in [0.717, 1.165) is 50.9 Å². The third kappa shape index (κ3) is 5.50. The molecule has 1 aliphatic heterocycles. The van der Waals surface area contributed by atoms with Gasteiger partial charge in [0.05, 0.1) is 12.5 Å². The second-order valence-corrected chi connectivity index (χ2v) is 6.36. The van der Waals surface area contributed by atoms with E-state index in [-0.39, 0.29) is 11.9 Å². The smallest absolute Gasteiger partial charge is 0.310 e. The van der Waals surface area contributed by atoms with Crippen LogP contribution in [0.25, 0.3) is 0 Å². The van der Waals surface area contributed by atoms with Crippen LogP contribution < -0.4 is 5.32 Å². The number of piperidine rings is 1. The van der Waals surface area contributed by atoms with Crippen molar-refractivity contribution in [1.82, 2.24) is 10.2 Å². The van der Waals surface area contributed by atoms with Gasteiger partial charge in [0, 0.05) is 26.2 Å². The summed E-state index contributed by atoms with van der Waals surface area (Å²) in [7, 11) is 0. The van der Waals surface area contributed by atoms with Crippen LogP contribution in [0.3, 0.4) is 0 Å². The summed E-state index contributed by atoms with van der Waals surface area (Å²) in [6.45, 7) is 7.88. The van der Waals surface area contributed by atoms with Gasteiger partial charge in [0.15, 0.2) is 5.96 Å². The van der Waals surface area contributed by atoms with E-state index in [1.807, 2.05) is 6.92 Å². The minimum Gasteiger partial charge on any atom is -0.466 e. The fourth-order valence-electron chi connectivity index (χ4n) is 3.02. The van der Waals surface area contributed by atoms with Crippen molar-refractivity contribution in [3.05, 3.63) is 0 Å². The molecule has 1 N–H and O–H groups in total. The lowest BCUT2D eigenvalue weighted by Gasteiger charge is -2.34. The molecule has 2 fully saturated rings. The first kappa shape index (κ1) is 17.1. The SMILES string of the molecule is CCNC(=NCCCC1CC1)N1CCCC(C(=O)OCC)C1. The first-order chi connectivity index (χ1) is 10.7. The molecular formula is C17H31N3O2. The van der Waals surface area contributed by atoms with Crippen LogP contribution in [0.2, 0.25) is 0 Å². The van der Waals surface area contributed by atoms with Crippen molar-refractivity contribution in [1.29, 1.82) is 0 Å². The number of hydrogen-bond donors (Lipinski definition) is 1. The summed E-state index contributed by atoms with van der Waals surface area (Å²) < 4.78 is 5.18. The Morgan fingerprint density at radius 3 is 2.82 bits per heavy atom. The van der Waals surface area contributed by atoms with Gasteiger partial charge in [-0.2, -0.15) is 0 Å². The highest BCUT2D eigenvalue weighted by atomic mass is 16.5. The number of nitrogens with one attached hydrogen (secondary N) is 1. The lowest BCUT2D eigenvalue weighted by Crippen LogP contribution is -2.48. The predicted molar refractivity (Wildman–Crippen MR) is 88.9 cm³/mol. The Morgan fingerprint density at radius 2 is 2.14 bits per heavy atom. The Kier molecular flexibility index (Phi) is 7.00. The minimum atomic E-state index is -0.0585. The minimum absolute atomic E-state index is 0.0102. The Labute approximate surface area is 134 Å². The maximum atomic E-state index is 12.0. The zero-order chi connectivity index (χ0) is 15.8. The summed E-state index contributed by atoms with van der Waals surface area (Å²) in [5.74, 6) is 1.87. The molecule has 126 valence electrons. The summed E-state index contributed by atoms with van der Waals surface area (Å²) in [6, 6.07) is 0. The molecule has 2 rings (SSSR count). The zero-order valence-electron chi connectivity index (χ0n) is 14.1. The Morgan fingerprint density at radius 1 is 1.32 bits per heavy atom. The standard InChI is InChI=1S/C17H31N3O2/c1-3-18-17(19-11-5-7-14-9-10-14)20-12-6-8-15(13-20)16(21)22-4-2/h14-15H,3-13H2,1-2H3,(H,18,19). The number of nitrogens with zero attached hydrogens (tertiary/aromatic N) is 2. The van der Waals surface area contributed by atoms with Crippen LogP contribution in [0, 0.1) is 11.8 Å². The molecule has 1 saturated heterocycles. The third-order valence-corrected chi connectivity index (χ3v) is 4.40. The van der Waals surface area contributed by atoms with Crippen LogP contribution in [0.1, 0.15) is 52.4 Å². The summed E-state index contributed by atoms with van der Waals surface area (Å²) in [5, 5.41) is 3.37. The Bertz CT molecular complexity index is 380. The monoisotopic (exact) mass is 309 g/mol. The van der Waals surface area contributed by atoms with Gasteiger partial charge in [-0.15, -0.1) is 0 Å². The highest BCUT2D eigenvalue weighted by Gasteiger charge is 2.28. The normalized spacial score (nSPS) is 22.5. The van der Waals surface area contributed by atoms with Crippen LogP contribution >= 0.6 is 0 Å². The number of aliphatic imine (C=N–C) groups is 1. The highest BCUT2D eigenvalue weighted by molar-refractivity contribution is 5.81. The van der Waals surface area contributed by atoms with E-state index in [9.17, 15) is 4.79 Å². The molecule has 22 heavy (non-hydrogen) atoms. The molecule has 0 aromatic heterocycles. The molecule has 0 bridgehead atoms. The van der Waals surface area contributed by atoms with E-state index >= 15 is 0 Å². The first-order valence-electron chi connectivity index (χ1n) is 8.94. The van der Waals surface area contributed by atoms with E-state index in [1.54, 1.807) is 0 Å². The molecule has 0 aromatic carbocycles. The van der Waals surface area contributed by atoms with Crippen molar-refractivity contribution < 1.29 is 9.53 Å². The number of guanidine groups is 1. The van der Waals surface area contributed by atoms with E-state index in [1.165, 1.54) is 25.7 Å². The second-order valence-electron chi connectivity index (χ2n) is 6.36. The number of likely N-dealkylation sites (tertiary alicyclic amines) is 1. The molecule has 5 nitrogen and oxygen atoms in total. The van der Waals surface area contributed by atoms with E-state index in [2.05, 4.69) is 17.1 Å². The van der Waals surface area contributed by atoms with Gasteiger partial charge >= 0.3 is 5.97 Å². The number of carbonyl (C=O) groups is 1. The van der Waals surface area contributed by atoms with Gasteiger partial charge < -0.3 is 15.0 Å². The van der Waals surface area contributed by atoms with Gasteiger partial charge in [-0.25, -0.2) is 0 Å². The van der Waals surface area contributed by atoms with E-state index in [0.29, 0.717) is 6.61 Å². The van der Waals surface area contributed by atoms with Crippen molar-refractivity contribution in [2.75, 3.05) is 32.8 Å². The molecule has 5 heteroatoms. The average Bonchev–Trinajstić information content (AvgIpc) is 3.35. The number of rotatable bonds is 7. The van der Waals surface area contributed by atoms with Gasteiger partial charge in [0.25, 0.3) is 0 Å². The van der Waals surface area contributed by atoms with E-state index < -0.39 is 0 Å². The fraction of sp³-hybridized carbons (Fsp3) is 0.882. The lowest BCUT2D eigenvalue weighted by molar-refractivity contribution is -0.149. The van der Waals surface area contributed by atoms with Gasteiger partial charge in [0.1, 0.15) is 0 Å². The summed E-state index contributed by atoms with van der Waals surface area (Å²) in [4.78, 5) is 18.9. The Hall–Kier alpha value is -1.26. The van der Waals surface area contributed by atoms with Crippen LogP contribution in [-0.4, -0.2) is 49.6 Å². The molecule has 2 aliphatic rings. The number of hydrogen-bond acceptors (Lipinski definition) is 3. The third-order valence-electron chi connectivity index (χ3n) is 4.40. The highest BCUT2D eigenvalue weighted by Crippen LogP contribution is 2.33. The number of esters is 1. The topological polar surface area (TPSA) is 53.9 Å². The van der Waals surface area contributed by atoms with Crippen LogP contribution in [-0.2, 0) is 9.53 Å². The quantitative estimate of drug-likeness (QED) is 0.340. The van der Waals surface area contributed by atoms with Crippen LogP contribution in [0.5, 0.6) is 0 Å². The van der Waals surface area contributed by atoms with Gasteiger partial charge in [-0.1, -0.05) is 12.8 Å². The number of ether oxygens (including phenoxy) is 1. The van der Waals surface area contributed by atoms with Crippen molar-refractivity contribution in [3.8, 4) is 0 Å². The lowest BCUT2D eigenvalue weighted by atomic mass is 9.98. The van der Waals surface area contributed by atoms with Crippen molar-refractivity contribution in [3.63, 3.8) is 0 Å². The maximum Gasteiger partial charge on any atom is 0.310 e. The molecule has 0 radical (unpaired) electrons. The van der Waals surface area contributed by atoms with Crippen molar-refractivity contribution in [2.45, 2.75) is 52.4 Å². The summed E-state index contributed by atoms with van der Waals surface area (Å²) >= 11 is 0. The fourth-order valence-corrected chi connectivity index (χ4v) is 3.02. The number of carbonyl (C=O) groups excluding carboxylic acids is 1. The van der Waals surface area contributed by atoms with Crippen LogP contribution in [0.15, 0.2) is 4.99 Å².